The lowest BCUT2D eigenvalue weighted by molar-refractivity contribution is 0.394. The lowest BCUT2D eigenvalue weighted by Gasteiger charge is -2.33. The second kappa shape index (κ2) is 9.68. The molecular weight excluding hydrogens is 454 g/mol. The number of allylic oxidation sites excluding steroid dienone is 4. The molecular formula is C33H37N3O. The number of nitrogens with zero attached hydrogens (tertiary/aromatic N) is 3. The first-order valence-electron chi connectivity index (χ1n) is 13.3. The van der Waals surface area contributed by atoms with E-state index in [4.69, 9.17) is 9.72 Å². The molecule has 3 aromatic rings. The van der Waals surface area contributed by atoms with E-state index in [0.717, 1.165) is 58.1 Å². The summed E-state index contributed by atoms with van der Waals surface area (Å²) in [6, 6.07) is 8.75. The standard InChI is InChI=1S/C33H37N3O/c1-8-33(24-15-16-24,25-13-11-17-34-20-25)32-35-28-14-10-9-12-23-18-27(30(21(2)3)22(4)5)29(37-7)19-26(23)31(28)36(32)6/h9,11,13-14,17-20,24H,2,8,12,15-16H2,1,3-7H3. The van der Waals surface area contributed by atoms with Gasteiger partial charge in [-0.1, -0.05) is 30.7 Å². The van der Waals surface area contributed by atoms with E-state index in [9.17, 15) is 0 Å². The summed E-state index contributed by atoms with van der Waals surface area (Å²) in [5.41, 5.74) is 13.5. The predicted octanol–water partition coefficient (Wildman–Crippen LogP) is 7.69. The van der Waals surface area contributed by atoms with Gasteiger partial charge in [-0.25, -0.2) is 4.98 Å². The number of ether oxygens (including phenoxy) is 1. The summed E-state index contributed by atoms with van der Waals surface area (Å²) in [5.74, 6) is 2.54. The fraction of sp³-hybridized carbons (Fsp3) is 0.364. The average molecular weight is 492 g/mol. The molecule has 0 spiro atoms. The van der Waals surface area contributed by atoms with Crippen molar-refractivity contribution < 1.29 is 4.74 Å². The smallest absolute Gasteiger partial charge is 0.127 e. The minimum absolute atomic E-state index is 0.166. The second-order valence-electron chi connectivity index (χ2n) is 10.7. The molecule has 2 aromatic heterocycles. The van der Waals surface area contributed by atoms with Crippen LogP contribution in [-0.2, 0) is 18.9 Å². The van der Waals surface area contributed by atoms with Crippen LogP contribution in [0.25, 0.3) is 22.9 Å². The molecule has 4 heteroatoms. The molecule has 190 valence electrons. The second-order valence-corrected chi connectivity index (χ2v) is 10.7. The van der Waals surface area contributed by atoms with Gasteiger partial charge in [0.05, 0.1) is 23.9 Å². The van der Waals surface area contributed by atoms with Crippen LogP contribution in [0.4, 0.5) is 0 Å². The number of benzene rings is 1. The van der Waals surface area contributed by atoms with E-state index in [1.54, 1.807) is 7.11 Å². The van der Waals surface area contributed by atoms with Crippen molar-refractivity contribution in [3.05, 3.63) is 94.4 Å². The Labute approximate surface area is 221 Å². The molecule has 5 rings (SSSR count). The van der Waals surface area contributed by atoms with E-state index in [-0.39, 0.29) is 5.41 Å². The topological polar surface area (TPSA) is 39.9 Å². The zero-order valence-electron chi connectivity index (χ0n) is 23.0. The zero-order chi connectivity index (χ0) is 26.3. The van der Waals surface area contributed by atoms with Crippen molar-refractivity contribution in [2.75, 3.05) is 7.11 Å². The molecule has 4 nitrogen and oxygen atoms in total. The highest BCUT2D eigenvalue weighted by Gasteiger charge is 2.49. The number of hydrogen-bond donors (Lipinski definition) is 0. The number of aromatic nitrogens is 3. The van der Waals surface area contributed by atoms with Crippen LogP contribution in [0.2, 0.25) is 0 Å². The first-order valence-corrected chi connectivity index (χ1v) is 13.3. The SMILES string of the molecule is C=C(C)C(=C(C)C)c1cc2c(cc1OC)-c1c(nc(C(CC)(c3cccnc3)C3CC3)n1C)C=C=CC2. The number of pyridine rings is 1. The summed E-state index contributed by atoms with van der Waals surface area (Å²) in [4.78, 5) is 9.83. The maximum absolute atomic E-state index is 5.98. The Hall–Kier alpha value is -3.62. The van der Waals surface area contributed by atoms with Crippen molar-refractivity contribution in [1.82, 2.24) is 14.5 Å². The van der Waals surface area contributed by atoms with Gasteiger partial charge < -0.3 is 9.30 Å². The van der Waals surface area contributed by atoms with E-state index in [0.29, 0.717) is 5.92 Å². The fourth-order valence-electron chi connectivity index (χ4n) is 6.35. The molecule has 0 radical (unpaired) electrons. The van der Waals surface area contributed by atoms with Gasteiger partial charge >= 0.3 is 0 Å². The first-order chi connectivity index (χ1) is 17.8. The highest BCUT2D eigenvalue weighted by Crippen LogP contribution is 2.54. The number of imidazole rings is 1. The minimum atomic E-state index is -0.166. The van der Waals surface area contributed by atoms with Crippen molar-refractivity contribution >= 4 is 11.6 Å². The molecule has 0 aliphatic heterocycles. The third kappa shape index (κ3) is 4.10. The van der Waals surface area contributed by atoms with Gasteiger partial charge in [0.15, 0.2) is 0 Å². The zero-order valence-corrected chi connectivity index (χ0v) is 23.0. The van der Waals surface area contributed by atoms with Crippen LogP contribution in [0.15, 0.2) is 66.2 Å². The van der Waals surface area contributed by atoms with Crippen molar-refractivity contribution in [1.29, 1.82) is 0 Å². The predicted molar refractivity (Wildman–Crippen MR) is 153 cm³/mol. The van der Waals surface area contributed by atoms with Gasteiger partial charge in [-0.3, -0.25) is 4.98 Å². The molecule has 1 fully saturated rings. The van der Waals surface area contributed by atoms with Crippen LogP contribution in [0.1, 0.15) is 75.2 Å². The molecule has 2 heterocycles. The van der Waals surface area contributed by atoms with Crippen LogP contribution < -0.4 is 4.74 Å². The molecule has 1 unspecified atom stereocenters. The molecule has 2 aliphatic carbocycles. The molecule has 0 saturated heterocycles. The van der Waals surface area contributed by atoms with Crippen LogP contribution >= 0.6 is 0 Å². The van der Waals surface area contributed by atoms with Crippen LogP contribution in [0.3, 0.4) is 0 Å². The first kappa shape index (κ1) is 25.0. The molecule has 37 heavy (non-hydrogen) atoms. The lowest BCUT2D eigenvalue weighted by Crippen LogP contribution is -2.33. The van der Waals surface area contributed by atoms with Crippen LogP contribution in [-0.4, -0.2) is 21.6 Å². The Morgan fingerprint density at radius 3 is 2.62 bits per heavy atom. The fourth-order valence-corrected chi connectivity index (χ4v) is 6.35. The van der Waals surface area contributed by atoms with Gasteiger partial charge in [-0.15, -0.1) is 5.73 Å². The molecule has 0 N–H and O–H groups in total. The normalized spacial score (nSPS) is 15.7. The summed E-state index contributed by atoms with van der Waals surface area (Å²) >= 11 is 0. The van der Waals surface area contributed by atoms with Crippen molar-refractivity contribution in [2.45, 2.75) is 58.8 Å². The number of fused-ring (bicyclic) bond motifs is 3. The van der Waals surface area contributed by atoms with Gasteiger partial charge in [0.25, 0.3) is 0 Å². The van der Waals surface area contributed by atoms with E-state index >= 15 is 0 Å². The Morgan fingerprint density at radius 1 is 1.24 bits per heavy atom. The quantitative estimate of drug-likeness (QED) is 0.251. The van der Waals surface area contributed by atoms with Gasteiger partial charge in [-0.2, -0.15) is 0 Å². The van der Waals surface area contributed by atoms with Gasteiger partial charge in [-0.05, 0) is 93.3 Å². The molecule has 0 bridgehead atoms. The van der Waals surface area contributed by atoms with Crippen LogP contribution in [0.5, 0.6) is 5.75 Å². The lowest BCUT2D eigenvalue weighted by atomic mass is 9.73. The van der Waals surface area contributed by atoms with Gasteiger partial charge in [0.2, 0.25) is 0 Å². The Bertz CT molecular complexity index is 1460. The van der Waals surface area contributed by atoms with E-state index in [2.05, 4.69) is 80.9 Å². The monoisotopic (exact) mass is 491 g/mol. The largest absolute Gasteiger partial charge is 0.496 e. The Balaban J connectivity index is 1.78. The Morgan fingerprint density at radius 2 is 2.03 bits per heavy atom. The molecule has 1 aromatic carbocycles. The van der Waals surface area contributed by atoms with Crippen LogP contribution in [0, 0.1) is 5.92 Å². The van der Waals surface area contributed by atoms with E-state index < -0.39 is 0 Å². The summed E-state index contributed by atoms with van der Waals surface area (Å²) in [7, 11) is 3.92. The number of rotatable bonds is 7. The average Bonchev–Trinajstić information content (AvgIpc) is 3.67. The summed E-state index contributed by atoms with van der Waals surface area (Å²) < 4.78 is 8.31. The van der Waals surface area contributed by atoms with Crippen molar-refractivity contribution in [2.24, 2.45) is 13.0 Å². The highest BCUT2D eigenvalue weighted by atomic mass is 16.5. The maximum Gasteiger partial charge on any atom is 0.127 e. The van der Waals surface area contributed by atoms with Gasteiger partial charge in [0.1, 0.15) is 11.6 Å². The third-order valence-electron chi connectivity index (χ3n) is 8.07. The number of methoxy groups -OCH3 is 1. The highest BCUT2D eigenvalue weighted by molar-refractivity contribution is 5.86. The molecule has 2 aliphatic rings. The van der Waals surface area contributed by atoms with Crippen molar-refractivity contribution in [3.63, 3.8) is 0 Å². The third-order valence-corrected chi connectivity index (χ3v) is 8.07. The van der Waals surface area contributed by atoms with Crippen molar-refractivity contribution in [3.8, 4) is 17.0 Å². The molecule has 1 saturated carbocycles. The summed E-state index contributed by atoms with van der Waals surface area (Å²) in [6.07, 6.45) is 12.2. The maximum atomic E-state index is 5.98. The molecule has 1 atom stereocenters. The molecule has 0 amide bonds. The van der Waals surface area contributed by atoms with Gasteiger partial charge in [0, 0.05) is 36.6 Å². The minimum Gasteiger partial charge on any atom is -0.496 e. The van der Waals surface area contributed by atoms with E-state index in [1.807, 2.05) is 24.5 Å². The Kier molecular flexibility index (Phi) is 6.56. The number of hydrogen-bond acceptors (Lipinski definition) is 3. The summed E-state index contributed by atoms with van der Waals surface area (Å²) in [6.45, 7) is 12.9. The summed E-state index contributed by atoms with van der Waals surface area (Å²) in [5, 5.41) is 0. The van der Waals surface area contributed by atoms with E-state index in [1.165, 1.54) is 29.5 Å².